The summed E-state index contributed by atoms with van der Waals surface area (Å²) >= 11 is 5.98. The van der Waals surface area contributed by atoms with Gasteiger partial charge in [0.2, 0.25) is 0 Å². The third-order valence-electron chi connectivity index (χ3n) is 4.83. The maximum Gasteiger partial charge on any atom is 0.282 e. The second-order valence-corrected chi connectivity index (χ2v) is 7.50. The van der Waals surface area contributed by atoms with Crippen molar-refractivity contribution in [1.29, 1.82) is 0 Å². The SMILES string of the molecule is CC(C)c1ccc(N2C(=O)C(c3ccc(Cl)cc3)=C(N(C)CCO)C2=O)cc1. The van der Waals surface area contributed by atoms with Crippen LogP contribution in [0.15, 0.2) is 54.2 Å². The first-order valence-electron chi connectivity index (χ1n) is 9.16. The number of rotatable bonds is 6. The Morgan fingerprint density at radius 3 is 2.14 bits per heavy atom. The zero-order valence-electron chi connectivity index (χ0n) is 16.1. The Labute approximate surface area is 169 Å². The number of hydrogen-bond acceptors (Lipinski definition) is 4. The predicted octanol–water partition coefficient (Wildman–Crippen LogP) is 3.67. The first-order valence-corrected chi connectivity index (χ1v) is 9.54. The Hall–Kier alpha value is -2.63. The normalized spacial score (nSPS) is 14.4. The molecule has 0 saturated carbocycles. The Morgan fingerprint density at radius 2 is 1.61 bits per heavy atom. The fourth-order valence-corrected chi connectivity index (χ4v) is 3.38. The van der Waals surface area contributed by atoms with Crippen molar-refractivity contribution in [2.75, 3.05) is 25.1 Å². The van der Waals surface area contributed by atoms with Gasteiger partial charge in [-0.15, -0.1) is 0 Å². The topological polar surface area (TPSA) is 60.9 Å². The first-order chi connectivity index (χ1) is 13.3. The molecule has 2 aromatic rings. The van der Waals surface area contributed by atoms with Crippen molar-refractivity contribution in [3.05, 3.63) is 70.4 Å². The lowest BCUT2D eigenvalue weighted by Gasteiger charge is -2.20. The molecule has 0 atom stereocenters. The van der Waals surface area contributed by atoms with Crippen LogP contribution < -0.4 is 4.90 Å². The molecule has 28 heavy (non-hydrogen) atoms. The van der Waals surface area contributed by atoms with E-state index in [0.29, 0.717) is 27.8 Å². The van der Waals surface area contributed by atoms with Gasteiger partial charge < -0.3 is 10.0 Å². The van der Waals surface area contributed by atoms with Gasteiger partial charge in [-0.25, -0.2) is 4.90 Å². The summed E-state index contributed by atoms with van der Waals surface area (Å²) in [6.07, 6.45) is 0. The van der Waals surface area contributed by atoms with Crippen LogP contribution in [0.2, 0.25) is 5.02 Å². The standard InChI is InChI=1S/C22H23ClN2O3/c1-14(2)15-6-10-18(11-7-15)25-21(27)19(16-4-8-17(23)9-5-16)20(22(25)28)24(3)12-13-26/h4-11,14,26H,12-13H2,1-3H3. The van der Waals surface area contributed by atoms with Crippen molar-refractivity contribution in [2.24, 2.45) is 0 Å². The summed E-state index contributed by atoms with van der Waals surface area (Å²) in [5.41, 5.74) is 2.85. The van der Waals surface area contributed by atoms with Crippen LogP contribution in [-0.4, -0.2) is 42.0 Å². The van der Waals surface area contributed by atoms with Crippen LogP contribution in [0, 0.1) is 0 Å². The van der Waals surface area contributed by atoms with E-state index in [1.54, 1.807) is 48.3 Å². The highest BCUT2D eigenvalue weighted by Crippen LogP contribution is 2.35. The second kappa shape index (κ2) is 8.17. The number of carbonyl (C=O) groups excluding carboxylic acids is 2. The van der Waals surface area contributed by atoms with Crippen LogP contribution in [0.5, 0.6) is 0 Å². The summed E-state index contributed by atoms with van der Waals surface area (Å²) in [5.74, 6) is -0.430. The van der Waals surface area contributed by atoms with Gasteiger partial charge in [0.1, 0.15) is 5.70 Å². The lowest BCUT2D eigenvalue weighted by atomic mass is 10.0. The van der Waals surface area contributed by atoms with Crippen molar-refractivity contribution < 1.29 is 14.7 Å². The molecule has 3 rings (SSSR count). The highest BCUT2D eigenvalue weighted by molar-refractivity contribution is 6.45. The Bertz CT molecular complexity index is 918. The number of aliphatic hydroxyl groups excluding tert-OH is 1. The smallest absolute Gasteiger partial charge is 0.282 e. The quantitative estimate of drug-likeness (QED) is 0.754. The monoisotopic (exact) mass is 398 g/mol. The number of benzene rings is 2. The van der Waals surface area contributed by atoms with Gasteiger partial charge in [-0.3, -0.25) is 9.59 Å². The van der Waals surface area contributed by atoms with Crippen molar-refractivity contribution >= 4 is 34.7 Å². The van der Waals surface area contributed by atoms with E-state index < -0.39 is 5.91 Å². The molecule has 1 aliphatic rings. The fraction of sp³-hybridized carbons (Fsp3) is 0.273. The number of imide groups is 1. The van der Waals surface area contributed by atoms with Gasteiger partial charge >= 0.3 is 0 Å². The summed E-state index contributed by atoms with van der Waals surface area (Å²) in [6.45, 7) is 4.29. The van der Waals surface area contributed by atoms with Gasteiger partial charge in [0.05, 0.1) is 17.9 Å². The molecule has 0 unspecified atom stereocenters. The summed E-state index contributed by atoms with van der Waals surface area (Å²) in [6, 6.07) is 14.3. The Kier molecular flexibility index (Phi) is 5.87. The average molecular weight is 399 g/mol. The van der Waals surface area contributed by atoms with Crippen LogP contribution in [0.1, 0.15) is 30.9 Å². The van der Waals surface area contributed by atoms with Crippen LogP contribution in [0.3, 0.4) is 0 Å². The molecule has 0 aliphatic carbocycles. The second-order valence-electron chi connectivity index (χ2n) is 7.07. The van der Waals surface area contributed by atoms with E-state index in [2.05, 4.69) is 13.8 Å². The summed E-state index contributed by atoms with van der Waals surface area (Å²) in [5, 5.41) is 9.86. The van der Waals surface area contributed by atoms with Gasteiger partial charge in [0, 0.05) is 18.6 Å². The minimum absolute atomic E-state index is 0.127. The number of halogens is 1. The lowest BCUT2D eigenvalue weighted by molar-refractivity contribution is -0.120. The van der Waals surface area contributed by atoms with Crippen LogP contribution in [0.4, 0.5) is 5.69 Å². The van der Waals surface area contributed by atoms with Gasteiger partial charge in [0.25, 0.3) is 11.8 Å². The Balaban J connectivity index is 2.07. The van der Waals surface area contributed by atoms with Gasteiger partial charge in [-0.1, -0.05) is 49.7 Å². The molecule has 1 N–H and O–H groups in total. The van der Waals surface area contributed by atoms with Crippen molar-refractivity contribution in [2.45, 2.75) is 19.8 Å². The third kappa shape index (κ3) is 3.68. The van der Waals surface area contributed by atoms with E-state index in [-0.39, 0.29) is 24.8 Å². The first kappa shape index (κ1) is 20.1. The van der Waals surface area contributed by atoms with Crippen LogP contribution >= 0.6 is 11.6 Å². The summed E-state index contributed by atoms with van der Waals surface area (Å²) in [4.78, 5) is 29.3. The molecule has 1 aliphatic heterocycles. The van der Waals surface area contributed by atoms with Crippen molar-refractivity contribution in [3.63, 3.8) is 0 Å². The van der Waals surface area contributed by atoms with E-state index in [1.807, 2.05) is 12.1 Å². The molecule has 0 bridgehead atoms. The highest BCUT2D eigenvalue weighted by atomic mass is 35.5. The summed E-state index contributed by atoms with van der Waals surface area (Å²) in [7, 11) is 1.69. The number of nitrogens with zero attached hydrogens (tertiary/aromatic N) is 2. The molecular formula is C22H23ClN2O3. The molecule has 0 aromatic heterocycles. The largest absolute Gasteiger partial charge is 0.395 e. The van der Waals surface area contributed by atoms with Crippen LogP contribution in [0.25, 0.3) is 5.57 Å². The molecular weight excluding hydrogens is 376 g/mol. The van der Waals surface area contributed by atoms with Gasteiger partial charge in [-0.2, -0.15) is 0 Å². The van der Waals surface area contributed by atoms with Crippen molar-refractivity contribution in [1.82, 2.24) is 4.90 Å². The molecule has 0 fully saturated rings. The Morgan fingerprint density at radius 1 is 1.00 bits per heavy atom. The molecule has 5 nitrogen and oxygen atoms in total. The minimum Gasteiger partial charge on any atom is -0.395 e. The van der Waals surface area contributed by atoms with Crippen LogP contribution in [-0.2, 0) is 9.59 Å². The van der Waals surface area contributed by atoms with Crippen molar-refractivity contribution in [3.8, 4) is 0 Å². The minimum atomic E-state index is -0.400. The fourth-order valence-electron chi connectivity index (χ4n) is 3.25. The number of likely N-dealkylation sites (N-methyl/N-ethyl adjacent to an activating group) is 1. The number of aliphatic hydroxyl groups is 1. The molecule has 146 valence electrons. The predicted molar refractivity (Wildman–Crippen MR) is 111 cm³/mol. The number of carbonyl (C=O) groups is 2. The van der Waals surface area contributed by atoms with E-state index in [0.717, 1.165) is 5.56 Å². The molecule has 0 spiro atoms. The van der Waals surface area contributed by atoms with E-state index in [4.69, 9.17) is 11.6 Å². The van der Waals surface area contributed by atoms with E-state index in [1.165, 1.54) is 4.90 Å². The molecule has 0 saturated heterocycles. The number of anilines is 1. The van der Waals surface area contributed by atoms with Gasteiger partial charge in [-0.05, 0) is 41.3 Å². The molecule has 0 radical (unpaired) electrons. The molecule has 2 amide bonds. The maximum absolute atomic E-state index is 13.3. The average Bonchev–Trinajstić information content (AvgIpc) is 2.93. The molecule has 1 heterocycles. The number of hydrogen-bond donors (Lipinski definition) is 1. The van der Waals surface area contributed by atoms with Gasteiger partial charge in [0.15, 0.2) is 0 Å². The molecule has 2 aromatic carbocycles. The maximum atomic E-state index is 13.3. The highest BCUT2D eigenvalue weighted by Gasteiger charge is 2.41. The third-order valence-corrected chi connectivity index (χ3v) is 5.08. The zero-order valence-corrected chi connectivity index (χ0v) is 16.9. The lowest BCUT2D eigenvalue weighted by Crippen LogP contribution is -2.34. The number of amides is 2. The zero-order chi connectivity index (χ0) is 20.4. The summed E-state index contributed by atoms with van der Waals surface area (Å²) < 4.78 is 0. The molecule has 6 heteroatoms. The van der Waals surface area contributed by atoms with E-state index >= 15 is 0 Å². The van der Waals surface area contributed by atoms with E-state index in [9.17, 15) is 14.7 Å².